The molecule has 0 spiro atoms. The second kappa shape index (κ2) is 5.99. The van der Waals surface area contributed by atoms with Gasteiger partial charge in [-0.2, -0.15) is 0 Å². The molecule has 2 fully saturated rings. The molecule has 0 aliphatic carbocycles. The Morgan fingerprint density at radius 1 is 1.30 bits per heavy atom. The minimum atomic E-state index is -0.480. The van der Waals surface area contributed by atoms with Crippen molar-refractivity contribution in [3.8, 4) is 0 Å². The van der Waals surface area contributed by atoms with E-state index in [-0.39, 0.29) is 24.1 Å². The molecule has 0 aromatic heterocycles. The molecule has 6 nitrogen and oxygen atoms in total. The fourth-order valence-corrected chi connectivity index (χ4v) is 2.58. The summed E-state index contributed by atoms with van der Waals surface area (Å²) in [5, 5.41) is 6.20. The van der Waals surface area contributed by atoms with Gasteiger partial charge in [-0.05, 0) is 46.6 Å². The van der Waals surface area contributed by atoms with Crippen LogP contribution in [0, 0.1) is 0 Å². The van der Waals surface area contributed by atoms with E-state index in [9.17, 15) is 9.59 Å². The molecule has 2 rings (SSSR count). The monoisotopic (exact) mass is 283 g/mol. The molecule has 0 aromatic carbocycles. The van der Waals surface area contributed by atoms with Crippen LogP contribution in [0.15, 0.2) is 0 Å². The normalized spacial score (nSPS) is 26.6. The van der Waals surface area contributed by atoms with Crippen molar-refractivity contribution in [3.05, 3.63) is 0 Å². The summed E-state index contributed by atoms with van der Waals surface area (Å²) < 4.78 is 5.34. The van der Waals surface area contributed by atoms with E-state index < -0.39 is 5.60 Å². The highest BCUT2D eigenvalue weighted by Crippen LogP contribution is 2.16. The highest BCUT2D eigenvalue weighted by Gasteiger charge is 2.32. The van der Waals surface area contributed by atoms with Crippen molar-refractivity contribution in [3.63, 3.8) is 0 Å². The molecule has 2 saturated heterocycles. The van der Waals surface area contributed by atoms with Gasteiger partial charge in [0.1, 0.15) is 5.60 Å². The molecular formula is C14H25N3O3. The predicted octanol–water partition coefficient (Wildman–Crippen LogP) is 0.864. The molecule has 0 saturated carbocycles. The number of ether oxygens (including phenoxy) is 1. The number of hydrogen-bond donors (Lipinski definition) is 2. The first-order valence-electron chi connectivity index (χ1n) is 7.37. The van der Waals surface area contributed by atoms with Crippen molar-refractivity contribution in [1.82, 2.24) is 15.5 Å². The molecule has 2 aliphatic rings. The molecule has 114 valence electrons. The molecule has 20 heavy (non-hydrogen) atoms. The van der Waals surface area contributed by atoms with E-state index in [4.69, 9.17) is 4.74 Å². The van der Waals surface area contributed by atoms with E-state index in [1.54, 1.807) is 4.90 Å². The van der Waals surface area contributed by atoms with Crippen molar-refractivity contribution in [1.29, 1.82) is 0 Å². The van der Waals surface area contributed by atoms with Crippen LogP contribution in [-0.4, -0.2) is 54.2 Å². The Kier molecular flexibility index (Phi) is 4.52. The van der Waals surface area contributed by atoms with E-state index in [0.717, 1.165) is 25.8 Å². The third kappa shape index (κ3) is 4.10. The van der Waals surface area contributed by atoms with E-state index >= 15 is 0 Å². The van der Waals surface area contributed by atoms with E-state index in [1.807, 2.05) is 20.8 Å². The van der Waals surface area contributed by atoms with Crippen molar-refractivity contribution >= 4 is 12.0 Å². The summed E-state index contributed by atoms with van der Waals surface area (Å²) in [5.41, 5.74) is -0.480. The standard InChI is InChI=1S/C14H25N3O3/c1-14(2,3)20-13(19)17-8-6-10(9-17)16-12(18)11-5-4-7-15-11/h10-11,15H,4-9H2,1-3H3,(H,16,18)/t10-,11-/m0/s1. The highest BCUT2D eigenvalue weighted by molar-refractivity contribution is 5.82. The SMILES string of the molecule is CC(C)(C)OC(=O)N1CC[C@H](NC(=O)[C@@H]2CCCN2)C1. The number of carbonyl (C=O) groups is 2. The highest BCUT2D eigenvalue weighted by atomic mass is 16.6. The van der Waals surface area contributed by atoms with Gasteiger partial charge in [0.25, 0.3) is 0 Å². The number of amides is 2. The Morgan fingerprint density at radius 2 is 2.05 bits per heavy atom. The van der Waals surface area contributed by atoms with Gasteiger partial charge in [-0.3, -0.25) is 4.79 Å². The van der Waals surface area contributed by atoms with Crippen LogP contribution in [0.3, 0.4) is 0 Å². The number of likely N-dealkylation sites (tertiary alicyclic amines) is 1. The van der Waals surface area contributed by atoms with Crippen LogP contribution in [0.25, 0.3) is 0 Å². The van der Waals surface area contributed by atoms with Gasteiger partial charge in [0, 0.05) is 19.1 Å². The summed E-state index contributed by atoms with van der Waals surface area (Å²) in [7, 11) is 0. The molecule has 0 radical (unpaired) electrons. The molecule has 0 aromatic rings. The zero-order valence-electron chi connectivity index (χ0n) is 12.6. The van der Waals surface area contributed by atoms with E-state index in [2.05, 4.69) is 10.6 Å². The lowest BCUT2D eigenvalue weighted by Crippen LogP contribution is -2.46. The van der Waals surface area contributed by atoms with Gasteiger partial charge in [-0.15, -0.1) is 0 Å². The molecular weight excluding hydrogens is 258 g/mol. The maximum Gasteiger partial charge on any atom is 0.410 e. The minimum absolute atomic E-state index is 0.0393. The Labute approximate surface area is 120 Å². The zero-order chi connectivity index (χ0) is 14.8. The summed E-state index contributed by atoms with van der Waals surface area (Å²) >= 11 is 0. The van der Waals surface area contributed by atoms with Crippen LogP contribution in [0.5, 0.6) is 0 Å². The molecule has 2 heterocycles. The average Bonchev–Trinajstić information content (AvgIpc) is 2.97. The molecule has 2 atom stereocenters. The van der Waals surface area contributed by atoms with Crippen LogP contribution >= 0.6 is 0 Å². The number of hydrogen-bond acceptors (Lipinski definition) is 4. The van der Waals surface area contributed by atoms with Gasteiger partial charge in [0.05, 0.1) is 6.04 Å². The van der Waals surface area contributed by atoms with Crippen molar-refractivity contribution in [2.75, 3.05) is 19.6 Å². The second-order valence-corrected chi connectivity index (χ2v) is 6.57. The van der Waals surface area contributed by atoms with E-state index in [1.165, 1.54) is 0 Å². The second-order valence-electron chi connectivity index (χ2n) is 6.57. The van der Waals surface area contributed by atoms with Gasteiger partial charge in [0.15, 0.2) is 0 Å². The minimum Gasteiger partial charge on any atom is -0.444 e. The van der Waals surface area contributed by atoms with Crippen molar-refractivity contribution in [2.24, 2.45) is 0 Å². The van der Waals surface area contributed by atoms with Crippen LogP contribution < -0.4 is 10.6 Å². The fourth-order valence-electron chi connectivity index (χ4n) is 2.58. The Balaban J connectivity index is 1.77. The predicted molar refractivity (Wildman–Crippen MR) is 75.4 cm³/mol. The Morgan fingerprint density at radius 3 is 2.65 bits per heavy atom. The van der Waals surface area contributed by atoms with Crippen LogP contribution in [-0.2, 0) is 9.53 Å². The zero-order valence-corrected chi connectivity index (χ0v) is 12.6. The summed E-state index contributed by atoms with van der Waals surface area (Å²) in [6.07, 6.45) is 2.44. The topological polar surface area (TPSA) is 70.7 Å². The average molecular weight is 283 g/mol. The molecule has 0 unspecified atom stereocenters. The molecule has 6 heteroatoms. The van der Waals surface area contributed by atoms with Crippen LogP contribution in [0.4, 0.5) is 4.79 Å². The summed E-state index contributed by atoms with van der Waals surface area (Å²) in [5.74, 6) is 0.0542. The molecule has 2 amide bonds. The third-order valence-electron chi connectivity index (χ3n) is 3.56. The number of nitrogens with one attached hydrogen (secondary N) is 2. The first-order chi connectivity index (χ1) is 9.35. The number of nitrogens with zero attached hydrogens (tertiary/aromatic N) is 1. The summed E-state index contributed by atoms with van der Waals surface area (Å²) in [6, 6.07) is -0.0250. The van der Waals surface area contributed by atoms with Crippen molar-refractivity contribution < 1.29 is 14.3 Å². The lowest BCUT2D eigenvalue weighted by molar-refractivity contribution is -0.123. The summed E-state index contributed by atoms with van der Waals surface area (Å²) in [6.45, 7) is 7.64. The number of carbonyl (C=O) groups excluding carboxylic acids is 2. The Hall–Kier alpha value is -1.30. The van der Waals surface area contributed by atoms with Gasteiger partial charge >= 0.3 is 6.09 Å². The first kappa shape index (κ1) is 15.1. The van der Waals surface area contributed by atoms with E-state index in [0.29, 0.717) is 13.1 Å². The quantitative estimate of drug-likeness (QED) is 0.788. The fraction of sp³-hybridized carbons (Fsp3) is 0.857. The number of rotatable bonds is 2. The Bertz CT molecular complexity index is 372. The molecule has 0 bridgehead atoms. The first-order valence-corrected chi connectivity index (χ1v) is 7.37. The van der Waals surface area contributed by atoms with Gasteiger partial charge < -0.3 is 20.3 Å². The third-order valence-corrected chi connectivity index (χ3v) is 3.56. The van der Waals surface area contributed by atoms with Gasteiger partial charge in [-0.1, -0.05) is 0 Å². The maximum absolute atomic E-state index is 12.0. The smallest absolute Gasteiger partial charge is 0.410 e. The molecule has 2 aliphatic heterocycles. The lowest BCUT2D eigenvalue weighted by Gasteiger charge is -2.24. The van der Waals surface area contributed by atoms with Gasteiger partial charge in [-0.25, -0.2) is 4.79 Å². The van der Waals surface area contributed by atoms with Crippen molar-refractivity contribution in [2.45, 2.75) is 57.7 Å². The lowest BCUT2D eigenvalue weighted by atomic mass is 10.2. The van der Waals surface area contributed by atoms with Crippen LogP contribution in [0.2, 0.25) is 0 Å². The van der Waals surface area contributed by atoms with Crippen LogP contribution in [0.1, 0.15) is 40.0 Å². The largest absolute Gasteiger partial charge is 0.444 e. The maximum atomic E-state index is 12.0. The summed E-state index contributed by atoms with van der Waals surface area (Å²) in [4.78, 5) is 25.6. The molecule has 2 N–H and O–H groups in total. The van der Waals surface area contributed by atoms with Gasteiger partial charge in [0.2, 0.25) is 5.91 Å².